The number of anilines is 1. The number of nitrogens with two attached hydrogens (primary N) is 1. The Labute approximate surface area is 150 Å². The minimum atomic E-state index is 0.291. The van der Waals surface area contributed by atoms with Crippen LogP contribution in [-0.2, 0) is 12.8 Å². The van der Waals surface area contributed by atoms with Gasteiger partial charge in [0.15, 0.2) is 5.96 Å². The summed E-state index contributed by atoms with van der Waals surface area (Å²) in [6.45, 7) is 0. The van der Waals surface area contributed by atoms with Crippen molar-refractivity contribution in [2.45, 2.75) is 12.8 Å². The number of hydrogen-bond donors (Lipinski definition) is 2. The Hall–Kier alpha value is -2.23. The molecule has 0 aliphatic heterocycles. The summed E-state index contributed by atoms with van der Waals surface area (Å²) in [5, 5.41) is 6.50. The van der Waals surface area contributed by atoms with E-state index in [1.807, 2.05) is 18.2 Å². The summed E-state index contributed by atoms with van der Waals surface area (Å²) in [5.41, 5.74) is 10.3. The highest BCUT2D eigenvalue weighted by molar-refractivity contribution is 6.44. The van der Waals surface area contributed by atoms with E-state index < -0.39 is 0 Å². The van der Waals surface area contributed by atoms with Crippen molar-refractivity contribution in [1.82, 2.24) is 0 Å². The van der Waals surface area contributed by atoms with Crippen LogP contribution in [0.15, 0.2) is 53.5 Å². The van der Waals surface area contributed by atoms with E-state index in [1.54, 1.807) is 6.07 Å². The maximum Gasteiger partial charge on any atom is 0.198 e. The molecule has 0 bridgehead atoms. The number of guanidine groups is 1. The highest BCUT2D eigenvalue weighted by Gasteiger charge is 2.17. The first-order valence-electron chi connectivity index (χ1n) is 7.72. The molecule has 0 aromatic heterocycles. The monoisotopic (exact) mass is 355 g/mol. The highest BCUT2D eigenvalue weighted by atomic mass is 35.5. The van der Waals surface area contributed by atoms with Gasteiger partial charge in [0, 0.05) is 0 Å². The third kappa shape index (κ3) is 2.60. The second-order valence-electron chi connectivity index (χ2n) is 5.80. The molecule has 0 radical (unpaired) electrons. The Morgan fingerprint density at radius 1 is 1.00 bits per heavy atom. The lowest BCUT2D eigenvalue weighted by Crippen LogP contribution is -2.22. The van der Waals surface area contributed by atoms with E-state index in [1.165, 1.54) is 21.9 Å². The molecule has 0 atom stereocenters. The minimum absolute atomic E-state index is 0.291. The number of hydrogen-bond acceptors (Lipinski definition) is 1. The molecule has 3 aromatic rings. The Morgan fingerprint density at radius 2 is 1.83 bits per heavy atom. The van der Waals surface area contributed by atoms with Crippen LogP contribution in [0.25, 0.3) is 10.8 Å². The Bertz CT molecular complexity index is 980. The molecule has 0 heterocycles. The average molecular weight is 356 g/mol. The van der Waals surface area contributed by atoms with E-state index in [0.29, 0.717) is 21.7 Å². The van der Waals surface area contributed by atoms with Crippen LogP contribution in [0.2, 0.25) is 10.0 Å². The molecular weight excluding hydrogens is 341 g/mol. The quantitative estimate of drug-likeness (QED) is 0.483. The molecule has 3 N–H and O–H groups in total. The van der Waals surface area contributed by atoms with Crippen LogP contribution in [0.1, 0.15) is 11.1 Å². The molecule has 0 spiro atoms. The van der Waals surface area contributed by atoms with Crippen molar-refractivity contribution < 1.29 is 0 Å². The smallest absolute Gasteiger partial charge is 0.198 e. The summed E-state index contributed by atoms with van der Waals surface area (Å²) < 4.78 is 0. The summed E-state index contributed by atoms with van der Waals surface area (Å²) in [4.78, 5) is 4.56. The lowest BCUT2D eigenvalue weighted by molar-refractivity contribution is 1.02. The van der Waals surface area contributed by atoms with Crippen LogP contribution in [0, 0.1) is 0 Å². The maximum absolute atomic E-state index is 6.18. The fourth-order valence-corrected chi connectivity index (χ4v) is 3.59. The fourth-order valence-electron chi connectivity index (χ4n) is 3.25. The summed E-state index contributed by atoms with van der Waals surface area (Å²) in [6.07, 6.45) is 2.04. The van der Waals surface area contributed by atoms with E-state index in [4.69, 9.17) is 28.9 Å². The molecule has 0 saturated carbocycles. The standard InChI is InChI=1S/C19H15Cl2N3/c20-14-5-2-6-16(18(14)21)24-19(22)23-15-10-8-12-4-1-3-11-7-9-13(15)17(11)12/h1-6,8,10H,7,9H2,(H3,22,23,24). The van der Waals surface area contributed by atoms with Gasteiger partial charge in [-0.2, -0.15) is 0 Å². The zero-order chi connectivity index (χ0) is 16.7. The van der Waals surface area contributed by atoms with Gasteiger partial charge in [-0.15, -0.1) is 0 Å². The predicted octanol–water partition coefficient (Wildman–Crippen LogP) is 5.30. The summed E-state index contributed by atoms with van der Waals surface area (Å²) >= 11 is 12.2. The molecule has 0 unspecified atom stereocenters. The van der Waals surface area contributed by atoms with Gasteiger partial charge in [0.05, 0.1) is 21.4 Å². The third-order valence-corrected chi connectivity index (χ3v) is 5.13. The number of aryl methyl sites for hydroxylation is 2. The second kappa shape index (κ2) is 6.00. The minimum Gasteiger partial charge on any atom is -0.369 e. The second-order valence-corrected chi connectivity index (χ2v) is 6.59. The molecule has 0 saturated heterocycles. The number of nitrogens with zero attached hydrogens (tertiary/aromatic N) is 1. The molecule has 24 heavy (non-hydrogen) atoms. The Kier molecular flexibility index (Phi) is 3.83. The van der Waals surface area contributed by atoms with Gasteiger partial charge >= 0.3 is 0 Å². The van der Waals surface area contributed by atoms with Gasteiger partial charge in [0.1, 0.15) is 0 Å². The van der Waals surface area contributed by atoms with E-state index in [-0.39, 0.29) is 0 Å². The van der Waals surface area contributed by atoms with Crippen molar-refractivity contribution in [2.24, 2.45) is 10.7 Å². The molecule has 0 amide bonds. The number of halogens is 2. The van der Waals surface area contributed by atoms with Crippen LogP contribution >= 0.6 is 23.2 Å². The van der Waals surface area contributed by atoms with Crippen LogP contribution in [0.5, 0.6) is 0 Å². The van der Waals surface area contributed by atoms with E-state index in [2.05, 4.69) is 34.6 Å². The number of rotatable bonds is 2. The van der Waals surface area contributed by atoms with Gasteiger partial charge < -0.3 is 11.1 Å². The fraction of sp³-hybridized carbons (Fsp3) is 0.105. The SMILES string of the molecule is NC(=Nc1ccc2cccc3c2c1CC3)Nc1cccc(Cl)c1Cl. The van der Waals surface area contributed by atoms with Crippen LogP contribution in [0.4, 0.5) is 11.4 Å². The molecule has 4 rings (SSSR count). The van der Waals surface area contributed by atoms with Crippen molar-refractivity contribution in [3.8, 4) is 0 Å². The lowest BCUT2D eigenvalue weighted by atomic mass is 10.0. The van der Waals surface area contributed by atoms with E-state index in [9.17, 15) is 0 Å². The normalized spacial score (nSPS) is 13.5. The van der Waals surface area contributed by atoms with Crippen molar-refractivity contribution in [3.63, 3.8) is 0 Å². The first-order chi connectivity index (χ1) is 11.6. The van der Waals surface area contributed by atoms with Crippen LogP contribution in [-0.4, -0.2) is 5.96 Å². The van der Waals surface area contributed by atoms with E-state index >= 15 is 0 Å². The van der Waals surface area contributed by atoms with Gasteiger partial charge in [0.25, 0.3) is 0 Å². The molecule has 5 heteroatoms. The maximum atomic E-state index is 6.18. The van der Waals surface area contributed by atoms with Crippen molar-refractivity contribution >= 4 is 51.3 Å². The zero-order valence-electron chi connectivity index (χ0n) is 12.8. The van der Waals surface area contributed by atoms with Gasteiger partial charge in [-0.1, -0.05) is 53.5 Å². The Morgan fingerprint density at radius 3 is 2.71 bits per heavy atom. The van der Waals surface area contributed by atoms with Gasteiger partial charge in [-0.3, -0.25) is 0 Å². The highest BCUT2D eigenvalue weighted by Crippen LogP contribution is 2.37. The summed E-state index contributed by atoms with van der Waals surface area (Å²) in [5.74, 6) is 0.291. The molecular formula is C19H15Cl2N3. The average Bonchev–Trinajstić information content (AvgIpc) is 3.01. The van der Waals surface area contributed by atoms with Gasteiger partial charge in [-0.25, -0.2) is 4.99 Å². The molecule has 1 aliphatic rings. The number of aliphatic imine (C=N–C) groups is 1. The first kappa shape index (κ1) is 15.3. The molecule has 120 valence electrons. The lowest BCUT2D eigenvalue weighted by Gasteiger charge is -2.10. The van der Waals surface area contributed by atoms with Crippen molar-refractivity contribution in [1.29, 1.82) is 0 Å². The van der Waals surface area contributed by atoms with Gasteiger partial charge in [0.2, 0.25) is 0 Å². The topological polar surface area (TPSA) is 50.4 Å². The van der Waals surface area contributed by atoms with Crippen molar-refractivity contribution in [3.05, 3.63) is 69.7 Å². The number of nitrogens with one attached hydrogen (secondary N) is 1. The molecule has 1 aliphatic carbocycles. The Balaban J connectivity index is 1.72. The van der Waals surface area contributed by atoms with E-state index in [0.717, 1.165) is 18.5 Å². The van der Waals surface area contributed by atoms with Crippen LogP contribution < -0.4 is 11.1 Å². The summed E-state index contributed by atoms with van der Waals surface area (Å²) in [7, 11) is 0. The largest absolute Gasteiger partial charge is 0.369 e. The zero-order valence-corrected chi connectivity index (χ0v) is 14.3. The first-order valence-corrected chi connectivity index (χ1v) is 8.48. The third-order valence-electron chi connectivity index (χ3n) is 4.31. The van der Waals surface area contributed by atoms with Crippen LogP contribution in [0.3, 0.4) is 0 Å². The molecule has 3 nitrogen and oxygen atoms in total. The van der Waals surface area contributed by atoms with Gasteiger partial charge in [-0.05, 0) is 52.9 Å². The summed E-state index contributed by atoms with van der Waals surface area (Å²) in [6, 6.07) is 15.9. The predicted molar refractivity (Wildman–Crippen MR) is 103 cm³/mol. The molecule has 3 aromatic carbocycles. The number of benzene rings is 3. The van der Waals surface area contributed by atoms with Crippen molar-refractivity contribution in [2.75, 3.05) is 5.32 Å². The molecule has 0 fully saturated rings.